The van der Waals surface area contributed by atoms with Crippen molar-refractivity contribution in [2.45, 2.75) is 23.5 Å². The van der Waals surface area contributed by atoms with Gasteiger partial charge in [-0.25, -0.2) is 0 Å². The molecule has 1 unspecified atom stereocenters. The summed E-state index contributed by atoms with van der Waals surface area (Å²) in [5.74, 6) is -0.393. The Labute approximate surface area is 212 Å². The van der Waals surface area contributed by atoms with Crippen LogP contribution in [0, 0.1) is 0 Å². The molecule has 34 heavy (non-hydrogen) atoms. The highest BCUT2D eigenvalue weighted by Crippen LogP contribution is 2.30. The summed E-state index contributed by atoms with van der Waals surface area (Å²) < 4.78 is 0. The van der Waals surface area contributed by atoms with E-state index in [9.17, 15) is 9.59 Å². The molecule has 172 valence electrons. The zero-order chi connectivity index (χ0) is 24.1. The molecule has 4 aromatic rings. The third kappa shape index (κ3) is 5.73. The molecule has 2 amide bonds. The summed E-state index contributed by atoms with van der Waals surface area (Å²) >= 11 is 13.5. The summed E-state index contributed by atoms with van der Waals surface area (Å²) in [4.78, 5) is 26.6. The lowest BCUT2D eigenvalue weighted by atomic mass is 10.1. The highest BCUT2D eigenvalue weighted by atomic mass is 35.5. The molecule has 0 aliphatic carbocycles. The maximum Gasteiger partial charge on any atom is 0.257 e. The predicted octanol–water partition coefficient (Wildman–Crippen LogP) is 7.91. The predicted molar refractivity (Wildman–Crippen MR) is 143 cm³/mol. The van der Waals surface area contributed by atoms with Crippen molar-refractivity contribution in [3.05, 3.63) is 101 Å². The van der Waals surface area contributed by atoms with Crippen LogP contribution in [0.3, 0.4) is 0 Å². The van der Waals surface area contributed by atoms with Gasteiger partial charge >= 0.3 is 0 Å². The monoisotopic (exact) mass is 508 g/mol. The number of carbonyl (C=O) groups is 2. The normalized spacial score (nSPS) is 11.7. The number of rotatable bonds is 7. The van der Waals surface area contributed by atoms with E-state index in [0.29, 0.717) is 22.7 Å². The molecule has 0 spiro atoms. The van der Waals surface area contributed by atoms with Crippen LogP contribution >= 0.6 is 35.0 Å². The van der Waals surface area contributed by atoms with Crippen molar-refractivity contribution < 1.29 is 9.59 Å². The average Bonchev–Trinajstić information content (AvgIpc) is 2.83. The average molecular weight is 509 g/mol. The molecule has 0 radical (unpaired) electrons. The summed E-state index contributed by atoms with van der Waals surface area (Å²) in [6, 6.07) is 26.0. The first-order valence-electron chi connectivity index (χ1n) is 10.8. The van der Waals surface area contributed by atoms with E-state index in [1.54, 1.807) is 18.2 Å². The molecule has 0 bridgehead atoms. The van der Waals surface area contributed by atoms with E-state index in [4.69, 9.17) is 23.2 Å². The zero-order valence-corrected chi connectivity index (χ0v) is 20.7. The minimum absolute atomic E-state index is 0.0637. The van der Waals surface area contributed by atoms with Crippen LogP contribution < -0.4 is 10.6 Å². The van der Waals surface area contributed by atoms with Crippen molar-refractivity contribution in [2.75, 3.05) is 10.6 Å². The van der Waals surface area contributed by atoms with Gasteiger partial charge in [-0.1, -0.05) is 72.6 Å². The number of nitrogens with one attached hydrogen (secondary N) is 2. The Morgan fingerprint density at radius 2 is 1.65 bits per heavy atom. The summed E-state index contributed by atoms with van der Waals surface area (Å²) in [6.45, 7) is 1.98. The van der Waals surface area contributed by atoms with Crippen LogP contribution in [0.5, 0.6) is 0 Å². The quantitative estimate of drug-likeness (QED) is 0.249. The van der Waals surface area contributed by atoms with E-state index in [1.807, 2.05) is 67.6 Å². The van der Waals surface area contributed by atoms with Crippen molar-refractivity contribution in [3.8, 4) is 0 Å². The second-order valence-electron chi connectivity index (χ2n) is 7.64. The van der Waals surface area contributed by atoms with Crippen LogP contribution in [0.15, 0.2) is 89.8 Å². The zero-order valence-electron chi connectivity index (χ0n) is 18.3. The van der Waals surface area contributed by atoms with Crippen molar-refractivity contribution in [1.29, 1.82) is 0 Å². The Morgan fingerprint density at radius 1 is 0.882 bits per heavy atom. The van der Waals surface area contributed by atoms with E-state index < -0.39 is 0 Å². The molecule has 4 rings (SSSR count). The molecule has 0 aromatic heterocycles. The van der Waals surface area contributed by atoms with Gasteiger partial charge in [0.1, 0.15) is 0 Å². The third-order valence-corrected chi connectivity index (χ3v) is 7.16. The van der Waals surface area contributed by atoms with Gasteiger partial charge in [0, 0.05) is 26.7 Å². The fourth-order valence-electron chi connectivity index (χ4n) is 3.55. The van der Waals surface area contributed by atoms with Crippen LogP contribution in [0.25, 0.3) is 10.8 Å². The smallest absolute Gasteiger partial charge is 0.257 e. The first-order chi connectivity index (χ1) is 16.4. The number of benzene rings is 4. The lowest BCUT2D eigenvalue weighted by Gasteiger charge is -2.16. The van der Waals surface area contributed by atoms with E-state index in [0.717, 1.165) is 21.4 Å². The maximum atomic E-state index is 13.1. The van der Waals surface area contributed by atoms with Crippen LogP contribution in [0.2, 0.25) is 10.0 Å². The fourth-order valence-corrected chi connectivity index (χ4v) is 5.06. The van der Waals surface area contributed by atoms with E-state index in [-0.39, 0.29) is 22.1 Å². The SMILES string of the molecule is CCC(Sc1cccc(NC(=O)c2ccc(Cl)cc2Cl)c1)C(=O)Nc1cccc2ccccc12. The van der Waals surface area contributed by atoms with Gasteiger partial charge in [-0.2, -0.15) is 0 Å². The minimum atomic E-state index is -0.329. The summed E-state index contributed by atoms with van der Waals surface area (Å²) in [7, 11) is 0. The highest BCUT2D eigenvalue weighted by molar-refractivity contribution is 8.00. The second kappa shape index (κ2) is 11.0. The van der Waals surface area contributed by atoms with Gasteiger partial charge in [-0.3, -0.25) is 9.59 Å². The van der Waals surface area contributed by atoms with Crippen LogP contribution in [-0.2, 0) is 4.79 Å². The number of fused-ring (bicyclic) bond motifs is 1. The molecule has 0 fully saturated rings. The molecule has 0 saturated heterocycles. The molecule has 0 heterocycles. The molecule has 0 aliphatic heterocycles. The fraction of sp³-hybridized carbons (Fsp3) is 0.111. The summed E-state index contributed by atoms with van der Waals surface area (Å²) in [5, 5.41) is 8.47. The Bertz CT molecular complexity index is 1350. The second-order valence-corrected chi connectivity index (χ2v) is 9.76. The van der Waals surface area contributed by atoms with Gasteiger partial charge in [0.2, 0.25) is 5.91 Å². The molecule has 7 heteroatoms. The Kier molecular flexibility index (Phi) is 7.78. The van der Waals surface area contributed by atoms with Crippen LogP contribution in [0.4, 0.5) is 11.4 Å². The minimum Gasteiger partial charge on any atom is -0.325 e. The summed E-state index contributed by atoms with van der Waals surface area (Å²) in [5.41, 5.74) is 1.75. The molecular formula is C27H22Cl2N2O2S. The molecular weight excluding hydrogens is 487 g/mol. The number of hydrogen-bond acceptors (Lipinski definition) is 3. The standard InChI is InChI=1S/C27H22Cl2N2O2S/c1-2-25(27(33)31-24-12-5-8-17-7-3-4-11-21(17)24)34-20-10-6-9-19(16-20)30-26(32)22-14-13-18(28)15-23(22)29/h3-16,25H,2H2,1H3,(H,30,32)(H,31,33). The van der Waals surface area contributed by atoms with E-state index in [1.165, 1.54) is 17.8 Å². The number of halogens is 2. The number of amides is 2. The number of anilines is 2. The van der Waals surface area contributed by atoms with E-state index in [2.05, 4.69) is 10.6 Å². The lowest BCUT2D eigenvalue weighted by molar-refractivity contribution is -0.115. The van der Waals surface area contributed by atoms with Gasteiger partial charge in [0.15, 0.2) is 0 Å². The van der Waals surface area contributed by atoms with Crippen molar-refractivity contribution in [2.24, 2.45) is 0 Å². The van der Waals surface area contributed by atoms with Crippen molar-refractivity contribution in [3.63, 3.8) is 0 Å². The maximum absolute atomic E-state index is 13.1. The van der Waals surface area contributed by atoms with Gasteiger partial charge in [-0.15, -0.1) is 11.8 Å². The molecule has 2 N–H and O–H groups in total. The van der Waals surface area contributed by atoms with Crippen LogP contribution in [0.1, 0.15) is 23.7 Å². The Morgan fingerprint density at radius 3 is 2.44 bits per heavy atom. The van der Waals surface area contributed by atoms with Crippen molar-refractivity contribution >= 4 is 68.9 Å². The van der Waals surface area contributed by atoms with Crippen molar-refractivity contribution in [1.82, 2.24) is 0 Å². The van der Waals surface area contributed by atoms with Gasteiger partial charge in [0.05, 0.1) is 15.8 Å². The molecule has 0 aliphatic rings. The molecule has 0 saturated carbocycles. The number of hydrogen-bond donors (Lipinski definition) is 2. The van der Waals surface area contributed by atoms with E-state index >= 15 is 0 Å². The number of carbonyl (C=O) groups excluding carboxylic acids is 2. The first kappa shape index (κ1) is 24.1. The Hall–Kier alpha value is -2.99. The summed E-state index contributed by atoms with van der Waals surface area (Å²) in [6.07, 6.45) is 0.651. The Balaban J connectivity index is 1.46. The van der Waals surface area contributed by atoms with Gasteiger partial charge in [0.25, 0.3) is 5.91 Å². The largest absolute Gasteiger partial charge is 0.325 e. The van der Waals surface area contributed by atoms with Crippen LogP contribution in [-0.4, -0.2) is 17.1 Å². The molecule has 1 atom stereocenters. The first-order valence-corrected chi connectivity index (χ1v) is 12.4. The molecule has 4 aromatic carbocycles. The third-order valence-electron chi connectivity index (χ3n) is 5.26. The van der Waals surface area contributed by atoms with Gasteiger partial charge in [-0.05, 0) is 54.3 Å². The molecule has 4 nitrogen and oxygen atoms in total. The number of thioether (sulfide) groups is 1. The topological polar surface area (TPSA) is 58.2 Å². The van der Waals surface area contributed by atoms with Gasteiger partial charge < -0.3 is 10.6 Å². The highest BCUT2D eigenvalue weighted by Gasteiger charge is 2.19. The lowest BCUT2D eigenvalue weighted by Crippen LogP contribution is -2.24.